The van der Waals surface area contributed by atoms with Gasteiger partial charge in [0.15, 0.2) is 0 Å². The van der Waals surface area contributed by atoms with Gasteiger partial charge in [-0.15, -0.1) is 0 Å². The molecule has 0 saturated heterocycles. The molecule has 1 aliphatic heterocycles. The molecule has 4 nitrogen and oxygen atoms in total. The number of carbonyl (C=O) groups excluding carboxylic acids is 1. The predicted octanol–water partition coefficient (Wildman–Crippen LogP) is 0.697. The maximum absolute atomic E-state index is 11.5. The Balaban J connectivity index is 2.93. The van der Waals surface area contributed by atoms with Crippen molar-refractivity contribution in [3.05, 3.63) is 36.3 Å². The van der Waals surface area contributed by atoms with Crippen molar-refractivity contribution in [3.8, 4) is 0 Å². The van der Waals surface area contributed by atoms with Crippen molar-refractivity contribution in [2.24, 2.45) is 5.73 Å². The number of nitrogens with zero attached hydrogens (tertiary/aromatic N) is 1. The van der Waals surface area contributed by atoms with E-state index < -0.39 is 0 Å². The molecule has 0 atom stereocenters. The van der Waals surface area contributed by atoms with Crippen molar-refractivity contribution in [3.63, 3.8) is 0 Å². The van der Waals surface area contributed by atoms with E-state index in [0.717, 1.165) is 0 Å². The molecule has 0 saturated carbocycles. The van der Waals surface area contributed by atoms with Crippen LogP contribution in [0.3, 0.4) is 0 Å². The van der Waals surface area contributed by atoms with Gasteiger partial charge < -0.3 is 16.0 Å². The number of nitrogens with two attached hydrogens (primary N) is 1. The molecular weight excluding hydrogens is 190 g/mol. The SMILES string of the molecule is C=C1NC(=O)C(/C=C/CN)=CN1C(C)C. The zero-order valence-electron chi connectivity index (χ0n) is 9.16. The molecule has 0 bridgehead atoms. The minimum Gasteiger partial charge on any atom is -0.332 e. The third kappa shape index (κ3) is 2.70. The second kappa shape index (κ2) is 4.79. The van der Waals surface area contributed by atoms with Crippen LogP contribution in [0, 0.1) is 0 Å². The third-order valence-electron chi connectivity index (χ3n) is 2.10. The second-order valence-corrected chi connectivity index (χ2v) is 3.62. The number of amides is 1. The molecule has 0 spiro atoms. The van der Waals surface area contributed by atoms with Gasteiger partial charge in [-0.1, -0.05) is 18.7 Å². The van der Waals surface area contributed by atoms with Gasteiger partial charge in [0, 0.05) is 18.8 Å². The summed E-state index contributed by atoms with van der Waals surface area (Å²) >= 11 is 0. The highest BCUT2D eigenvalue weighted by molar-refractivity contribution is 5.98. The molecule has 1 aliphatic rings. The Morgan fingerprint density at radius 1 is 1.67 bits per heavy atom. The second-order valence-electron chi connectivity index (χ2n) is 3.62. The Kier molecular flexibility index (Phi) is 3.68. The van der Waals surface area contributed by atoms with E-state index in [1.807, 2.05) is 18.7 Å². The lowest BCUT2D eigenvalue weighted by Gasteiger charge is -2.31. The zero-order valence-corrected chi connectivity index (χ0v) is 9.16. The Hall–Kier alpha value is -1.55. The van der Waals surface area contributed by atoms with Gasteiger partial charge in [-0.3, -0.25) is 4.79 Å². The van der Waals surface area contributed by atoms with Crippen molar-refractivity contribution in [1.29, 1.82) is 0 Å². The van der Waals surface area contributed by atoms with Crippen LogP contribution in [0.15, 0.2) is 36.3 Å². The first-order valence-electron chi connectivity index (χ1n) is 4.93. The summed E-state index contributed by atoms with van der Waals surface area (Å²) in [7, 11) is 0. The van der Waals surface area contributed by atoms with Crippen LogP contribution in [0.1, 0.15) is 13.8 Å². The molecule has 0 aromatic carbocycles. The molecule has 82 valence electrons. The third-order valence-corrected chi connectivity index (χ3v) is 2.10. The Labute approximate surface area is 90.1 Å². The van der Waals surface area contributed by atoms with Gasteiger partial charge in [-0.05, 0) is 13.8 Å². The van der Waals surface area contributed by atoms with Crippen LogP contribution in [0.25, 0.3) is 0 Å². The Morgan fingerprint density at radius 3 is 2.87 bits per heavy atom. The molecule has 3 N–H and O–H groups in total. The number of rotatable bonds is 3. The van der Waals surface area contributed by atoms with E-state index in [1.54, 1.807) is 18.4 Å². The predicted molar refractivity (Wildman–Crippen MR) is 60.5 cm³/mol. The molecule has 0 aromatic heterocycles. The molecule has 1 rings (SSSR count). The van der Waals surface area contributed by atoms with Crippen LogP contribution in [-0.2, 0) is 4.79 Å². The Morgan fingerprint density at radius 2 is 2.33 bits per heavy atom. The first kappa shape index (κ1) is 11.5. The topological polar surface area (TPSA) is 58.4 Å². The van der Waals surface area contributed by atoms with Crippen LogP contribution < -0.4 is 11.1 Å². The molecule has 4 heteroatoms. The van der Waals surface area contributed by atoms with Crippen molar-refractivity contribution in [2.75, 3.05) is 6.54 Å². The van der Waals surface area contributed by atoms with E-state index in [0.29, 0.717) is 17.9 Å². The van der Waals surface area contributed by atoms with Gasteiger partial charge >= 0.3 is 0 Å². The zero-order chi connectivity index (χ0) is 11.4. The monoisotopic (exact) mass is 207 g/mol. The normalized spacial score (nSPS) is 17.3. The smallest absolute Gasteiger partial charge is 0.258 e. The van der Waals surface area contributed by atoms with Crippen LogP contribution in [0.5, 0.6) is 0 Å². The Bertz CT molecular complexity index is 329. The molecule has 0 unspecified atom stereocenters. The summed E-state index contributed by atoms with van der Waals surface area (Å²) < 4.78 is 0. The molecule has 0 radical (unpaired) electrons. The van der Waals surface area contributed by atoms with Gasteiger partial charge in [-0.2, -0.15) is 0 Å². The van der Waals surface area contributed by atoms with Gasteiger partial charge in [0.25, 0.3) is 5.91 Å². The van der Waals surface area contributed by atoms with Gasteiger partial charge in [-0.25, -0.2) is 0 Å². The molecular formula is C11H17N3O. The highest BCUT2D eigenvalue weighted by Gasteiger charge is 2.20. The van der Waals surface area contributed by atoms with Crippen molar-refractivity contribution < 1.29 is 4.79 Å². The summed E-state index contributed by atoms with van der Waals surface area (Å²) in [6.07, 6.45) is 5.26. The van der Waals surface area contributed by atoms with E-state index >= 15 is 0 Å². The summed E-state index contributed by atoms with van der Waals surface area (Å²) in [4.78, 5) is 13.4. The van der Waals surface area contributed by atoms with Crippen molar-refractivity contribution in [1.82, 2.24) is 10.2 Å². The summed E-state index contributed by atoms with van der Waals surface area (Å²) in [5.41, 5.74) is 5.93. The average molecular weight is 207 g/mol. The molecule has 0 fully saturated rings. The number of carbonyl (C=O) groups is 1. The summed E-state index contributed by atoms with van der Waals surface area (Å²) in [5.74, 6) is 0.474. The molecule has 1 heterocycles. The highest BCUT2D eigenvalue weighted by atomic mass is 16.2. The first-order chi connectivity index (χ1) is 7.06. The fourth-order valence-corrected chi connectivity index (χ4v) is 1.33. The lowest BCUT2D eigenvalue weighted by atomic mass is 10.2. The largest absolute Gasteiger partial charge is 0.332 e. The average Bonchev–Trinajstić information content (AvgIpc) is 2.16. The maximum atomic E-state index is 11.5. The van der Waals surface area contributed by atoms with E-state index in [4.69, 9.17) is 5.73 Å². The van der Waals surface area contributed by atoms with Crippen LogP contribution in [0.4, 0.5) is 0 Å². The fraction of sp³-hybridized carbons (Fsp3) is 0.364. The van der Waals surface area contributed by atoms with Crippen molar-refractivity contribution in [2.45, 2.75) is 19.9 Å². The van der Waals surface area contributed by atoms with E-state index in [1.165, 1.54) is 0 Å². The van der Waals surface area contributed by atoms with Crippen LogP contribution in [0.2, 0.25) is 0 Å². The van der Waals surface area contributed by atoms with Crippen molar-refractivity contribution >= 4 is 5.91 Å². The molecule has 0 aliphatic carbocycles. The van der Waals surface area contributed by atoms with E-state index in [2.05, 4.69) is 11.9 Å². The molecule has 1 amide bonds. The standard InChI is InChI=1S/C11H17N3O/c1-8(2)14-7-10(5-4-6-12)11(15)13-9(14)3/h4-5,7-8H,3,6,12H2,1-2H3,(H,13,15)/b5-4+. The molecule has 15 heavy (non-hydrogen) atoms. The first-order valence-corrected chi connectivity index (χ1v) is 4.93. The highest BCUT2D eigenvalue weighted by Crippen LogP contribution is 2.15. The van der Waals surface area contributed by atoms with Gasteiger partial charge in [0.1, 0.15) is 5.82 Å². The number of hydrogen-bond acceptors (Lipinski definition) is 3. The van der Waals surface area contributed by atoms with Crippen LogP contribution >= 0.6 is 0 Å². The van der Waals surface area contributed by atoms with Gasteiger partial charge in [0.2, 0.25) is 0 Å². The summed E-state index contributed by atoms with van der Waals surface area (Å²) in [6.45, 7) is 8.27. The number of hydrogen-bond donors (Lipinski definition) is 2. The number of nitrogens with one attached hydrogen (secondary N) is 1. The summed E-state index contributed by atoms with van der Waals surface area (Å²) in [6, 6.07) is 0.263. The van der Waals surface area contributed by atoms with E-state index in [-0.39, 0.29) is 11.9 Å². The summed E-state index contributed by atoms with van der Waals surface area (Å²) in [5, 5.41) is 2.70. The minimum absolute atomic E-state index is 0.137. The van der Waals surface area contributed by atoms with Crippen LogP contribution in [-0.4, -0.2) is 23.4 Å². The quantitative estimate of drug-likeness (QED) is 0.716. The minimum atomic E-state index is -0.137. The maximum Gasteiger partial charge on any atom is 0.258 e. The van der Waals surface area contributed by atoms with E-state index in [9.17, 15) is 4.79 Å². The van der Waals surface area contributed by atoms with Gasteiger partial charge in [0.05, 0.1) is 5.57 Å². The lowest BCUT2D eigenvalue weighted by molar-refractivity contribution is -0.117. The fourth-order valence-electron chi connectivity index (χ4n) is 1.33. The lowest BCUT2D eigenvalue weighted by Crippen LogP contribution is -2.40. The molecule has 0 aromatic rings.